The van der Waals surface area contributed by atoms with Crippen molar-refractivity contribution < 1.29 is 48.7 Å². The van der Waals surface area contributed by atoms with Crippen LogP contribution in [0.15, 0.2) is 47.7 Å². The molecular formula is C50H79N3O10. The Morgan fingerprint density at radius 3 is 2.30 bits per heavy atom. The van der Waals surface area contributed by atoms with Gasteiger partial charge in [-0.3, -0.25) is 4.79 Å². The van der Waals surface area contributed by atoms with Gasteiger partial charge in [0, 0.05) is 50.1 Å². The third-order valence-corrected chi connectivity index (χ3v) is 13.3. The first-order valence-electron chi connectivity index (χ1n) is 24.5. The summed E-state index contributed by atoms with van der Waals surface area (Å²) in [6.07, 6.45) is 22.1. The van der Waals surface area contributed by atoms with Crippen LogP contribution in [0, 0.1) is 23.7 Å². The van der Waals surface area contributed by atoms with Gasteiger partial charge >= 0.3 is 6.09 Å². The van der Waals surface area contributed by atoms with Crippen LogP contribution in [0.2, 0.25) is 0 Å². The summed E-state index contributed by atoms with van der Waals surface area (Å²) < 4.78 is 26.1. The van der Waals surface area contributed by atoms with Crippen LogP contribution in [-0.4, -0.2) is 109 Å². The number of aliphatic hydroxyl groups excluding tert-OH is 3. The Bertz CT molecular complexity index is 1620. The Kier molecular flexibility index (Phi) is 21.7. The second-order valence-electron chi connectivity index (χ2n) is 17.8. The average Bonchev–Trinajstić information content (AvgIpc) is 4.14. The first-order valence-corrected chi connectivity index (χ1v) is 24.5. The molecule has 13 heteroatoms. The standard InChI is InChI=1S/C50H79N3O10/c1-4-7-8-9-10-11-12-13-14-17-26-51-49(58)62-39-24-25-44-42(35-39)46-40(21-16-19-29-55)38(20-15-18-28-54)34-41-43(52-61-6-3)36-45(50(63-44,47(41)46)60-31-5-2)53(27-32-59-33-30-56)48(57)37-22-23-37/h5,24-25,34-35,37-38,40,45-47,54-56H,2,4,6-23,26-33,36H2,1,3H3,(H,51,58)/t38-,40+,45-,46+,47+,50+/m0/s1. The summed E-state index contributed by atoms with van der Waals surface area (Å²) in [5.41, 5.74) is 2.56. The van der Waals surface area contributed by atoms with E-state index in [9.17, 15) is 24.9 Å². The molecule has 1 aromatic carbocycles. The van der Waals surface area contributed by atoms with Crippen molar-refractivity contribution >= 4 is 17.7 Å². The SMILES string of the molecule is C=CCO[C@@]12Oc3ccc(OC(=O)NCCCCCCCCCCCC)cc3[C@H]3[C@H](CCCCO)[C@@H](CCCCO)C=C(C(=NOCC)C[C@@H]1N(CCOCCO)C(=O)C1CC1)[C@H]32. The summed E-state index contributed by atoms with van der Waals surface area (Å²) >= 11 is 0. The number of ether oxygens (including phenoxy) is 4. The van der Waals surface area contributed by atoms with Crippen LogP contribution in [0.25, 0.3) is 0 Å². The second kappa shape index (κ2) is 27.1. The molecular weight excluding hydrogens is 803 g/mol. The van der Waals surface area contributed by atoms with E-state index in [0.29, 0.717) is 43.9 Å². The predicted octanol–water partition coefficient (Wildman–Crippen LogP) is 8.60. The number of hydrogen-bond donors (Lipinski definition) is 4. The predicted molar refractivity (Wildman–Crippen MR) is 245 cm³/mol. The van der Waals surface area contributed by atoms with E-state index in [0.717, 1.165) is 74.6 Å². The Labute approximate surface area is 377 Å². The molecule has 354 valence electrons. The number of nitrogens with zero attached hydrogens (tertiary/aromatic N) is 2. The number of carbonyl (C=O) groups is 2. The smallest absolute Gasteiger partial charge is 0.412 e. The zero-order valence-electron chi connectivity index (χ0n) is 38.5. The van der Waals surface area contributed by atoms with Gasteiger partial charge in [-0.1, -0.05) is 94.9 Å². The van der Waals surface area contributed by atoms with Crippen molar-refractivity contribution in [1.82, 2.24) is 10.2 Å². The molecule has 4 aliphatic rings. The fourth-order valence-corrected chi connectivity index (χ4v) is 10.1. The highest BCUT2D eigenvalue weighted by molar-refractivity contribution is 6.03. The lowest BCUT2D eigenvalue weighted by Crippen LogP contribution is -2.70. The lowest BCUT2D eigenvalue weighted by molar-refractivity contribution is -0.258. The highest BCUT2D eigenvalue weighted by atomic mass is 16.7. The van der Waals surface area contributed by atoms with Gasteiger partial charge < -0.3 is 49.3 Å². The van der Waals surface area contributed by atoms with Crippen molar-refractivity contribution in [2.75, 3.05) is 59.3 Å². The second-order valence-corrected chi connectivity index (χ2v) is 17.8. The van der Waals surface area contributed by atoms with Crippen LogP contribution < -0.4 is 14.8 Å². The fraction of sp³-hybridized carbons (Fsp3) is 0.740. The normalized spacial score (nSPS) is 24.2. The van der Waals surface area contributed by atoms with E-state index in [1.54, 1.807) is 12.1 Å². The van der Waals surface area contributed by atoms with Gasteiger partial charge in [0.25, 0.3) is 0 Å². The van der Waals surface area contributed by atoms with Gasteiger partial charge in [0.1, 0.15) is 24.1 Å². The molecule has 0 bridgehead atoms. The lowest BCUT2D eigenvalue weighted by Gasteiger charge is -2.60. The minimum atomic E-state index is -1.38. The lowest BCUT2D eigenvalue weighted by atomic mass is 9.55. The third-order valence-electron chi connectivity index (χ3n) is 13.3. The number of amides is 2. The Hall–Kier alpha value is -3.49. The van der Waals surface area contributed by atoms with Gasteiger partial charge in [0.15, 0.2) is 0 Å². The Balaban J connectivity index is 1.52. The van der Waals surface area contributed by atoms with Crippen molar-refractivity contribution in [2.24, 2.45) is 28.8 Å². The molecule has 2 saturated carbocycles. The molecule has 1 aliphatic heterocycles. The number of benzene rings is 1. The first kappa shape index (κ1) is 50.5. The van der Waals surface area contributed by atoms with E-state index in [4.69, 9.17) is 28.9 Å². The molecule has 13 nitrogen and oxygen atoms in total. The van der Waals surface area contributed by atoms with E-state index >= 15 is 0 Å². The van der Waals surface area contributed by atoms with Gasteiger partial charge in [-0.25, -0.2) is 4.79 Å². The molecule has 2 amide bonds. The van der Waals surface area contributed by atoms with Gasteiger partial charge in [0.2, 0.25) is 11.7 Å². The molecule has 1 heterocycles. The van der Waals surface area contributed by atoms with Crippen molar-refractivity contribution in [3.63, 3.8) is 0 Å². The van der Waals surface area contributed by atoms with Gasteiger partial charge in [-0.2, -0.15) is 0 Å². The van der Waals surface area contributed by atoms with Crippen molar-refractivity contribution in [1.29, 1.82) is 0 Å². The number of nitrogens with one attached hydrogen (secondary N) is 1. The van der Waals surface area contributed by atoms with E-state index in [1.807, 2.05) is 24.0 Å². The number of rotatable bonds is 32. The molecule has 1 aromatic rings. The first-order chi connectivity index (χ1) is 30.9. The molecule has 63 heavy (non-hydrogen) atoms. The number of hydrogen-bond acceptors (Lipinski definition) is 11. The van der Waals surface area contributed by atoms with E-state index in [1.165, 1.54) is 44.9 Å². The van der Waals surface area contributed by atoms with Crippen LogP contribution in [-0.2, 0) is 19.1 Å². The minimum Gasteiger partial charge on any atom is -0.459 e. The number of carbonyl (C=O) groups excluding carboxylic acids is 2. The van der Waals surface area contributed by atoms with Crippen LogP contribution in [0.4, 0.5) is 4.79 Å². The third kappa shape index (κ3) is 14.0. The van der Waals surface area contributed by atoms with E-state index in [2.05, 4.69) is 24.9 Å². The maximum atomic E-state index is 14.5. The Morgan fingerprint density at radius 1 is 0.921 bits per heavy atom. The molecule has 0 unspecified atom stereocenters. The Morgan fingerprint density at radius 2 is 1.63 bits per heavy atom. The summed E-state index contributed by atoms with van der Waals surface area (Å²) in [5, 5.41) is 37.0. The maximum Gasteiger partial charge on any atom is 0.412 e. The zero-order valence-corrected chi connectivity index (χ0v) is 38.5. The highest BCUT2D eigenvalue weighted by Crippen LogP contribution is 2.62. The molecule has 2 fully saturated rings. The quantitative estimate of drug-likeness (QED) is 0.0313. The van der Waals surface area contributed by atoms with Crippen molar-refractivity contribution in [2.45, 2.75) is 154 Å². The van der Waals surface area contributed by atoms with Crippen LogP contribution in [0.1, 0.15) is 147 Å². The number of oxime groups is 1. The van der Waals surface area contributed by atoms with Crippen LogP contribution in [0.3, 0.4) is 0 Å². The largest absolute Gasteiger partial charge is 0.459 e. The maximum absolute atomic E-state index is 14.5. The highest BCUT2D eigenvalue weighted by Gasteiger charge is 2.66. The number of unbranched alkanes of at least 4 members (excludes halogenated alkanes) is 11. The molecule has 0 spiro atoms. The zero-order chi connectivity index (χ0) is 44.9. The summed E-state index contributed by atoms with van der Waals surface area (Å²) in [4.78, 5) is 35.4. The fourth-order valence-electron chi connectivity index (χ4n) is 10.1. The summed E-state index contributed by atoms with van der Waals surface area (Å²) in [7, 11) is 0. The summed E-state index contributed by atoms with van der Waals surface area (Å²) in [6.45, 7) is 9.90. The molecule has 0 aromatic heterocycles. The van der Waals surface area contributed by atoms with Crippen molar-refractivity contribution in [3.8, 4) is 11.5 Å². The molecule has 5 rings (SSSR count). The summed E-state index contributed by atoms with van der Waals surface area (Å²) in [5.74, 6) is -1.10. The van der Waals surface area contributed by atoms with Gasteiger partial charge in [-0.05, 0) is 87.5 Å². The molecule has 6 atom stereocenters. The van der Waals surface area contributed by atoms with Crippen LogP contribution >= 0.6 is 0 Å². The van der Waals surface area contributed by atoms with E-state index < -0.39 is 23.8 Å². The van der Waals surface area contributed by atoms with Gasteiger partial charge in [-0.15, -0.1) is 6.58 Å². The minimum absolute atomic E-state index is 0.00747. The van der Waals surface area contributed by atoms with E-state index in [-0.39, 0.29) is 75.8 Å². The monoisotopic (exact) mass is 882 g/mol. The number of allylic oxidation sites excluding steroid dienone is 1. The van der Waals surface area contributed by atoms with Crippen molar-refractivity contribution in [3.05, 3.63) is 48.1 Å². The molecule has 0 saturated heterocycles. The average molecular weight is 882 g/mol. The number of fused-ring (bicyclic) bond motifs is 2. The van der Waals surface area contributed by atoms with Crippen LogP contribution in [0.5, 0.6) is 11.5 Å². The molecule has 0 radical (unpaired) electrons. The number of aliphatic hydroxyl groups is 3. The van der Waals surface area contributed by atoms with Gasteiger partial charge in [0.05, 0.1) is 38.1 Å². The molecule has 3 aliphatic carbocycles. The molecule has 4 N–H and O–H groups in total. The topological polar surface area (TPSA) is 169 Å². The summed E-state index contributed by atoms with van der Waals surface area (Å²) in [6, 6.07) is 4.91.